The molecule has 0 radical (unpaired) electrons. The second-order valence-electron chi connectivity index (χ2n) is 10.0. The van der Waals surface area contributed by atoms with Crippen LogP contribution in [0, 0.1) is 0 Å². The number of nitrogens with zero attached hydrogens (tertiary/aromatic N) is 6. The van der Waals surface area contributed by atoms with Crippen molar-refractivity contribution >= 4 is 22.1 Å². The fraction of sp³-hybridized carbons (Fsp3) is 0. The van der Waals surface area contributed by atoms with Gasteiger partial charge in [0.15, 0.2) is 0 Å². The molecule has 0 aliphatic heterocycles. The van der Waals surface area contributed by atoms with Crippen LogP contribution in [0.1, 0.15) is 0 Å². The summed E-state index contributed by atoms with van der Waals surface area (Å²) >= 11 is 0. The Balaban J connectivity index is 0.000000142. The number of fused-ring (bicyclic) bond motifs is 2. The minimum atomic E-state index is 0.807. The van der Waals surface area contributed by atoms with E-state index < -0.39 is 0 Å². The van der Waals surface area contributed by atoms with E-state index in [1.165, 1.54) is 0 Å². The van der Waals surface area contributed by atoms with Crippen molar-refractivity contribution in [2.45, 2.75) is 0 Å². The van der Waals surface area contributed by atoms with Crippen LogP contribution in [0.3, 0.4) is 0 Å². The Hall–Kier alpha value is -6.14. The number of benzene rings is 4. The first-order valence-corrected chi connectivity index (χ1v) is 14.3. The van der Waals surface area contributed by atoms with Crippen LogP contribution in [0.5, 0.6) is 0 Å². The predicted molar refractivity (Wildman–Crippen MR) is 176 cm³/mol. The van der Waals surface area contributed by atoms with Gasteiger partial charge in [-0.05, 0) is 12.1 Å². The molecule has 6 heteroatoms. The van der Waals surface area contributed by atoms with Crippen LogP contribution in [0.2, 0.25) is 0 Å². The molecule has 4 aromatic carbocycles. The van der Waals surface area contributed by atoms with E-state index in [1.807, 2.05) is 84.9 Å². The Kier molecular flexibility index (Phi) is 7.53. The van der Waals surface area contributed by atoms with Crippen LogP contribution in [0.4, 0.5) is 0 Å². The summed E-state index contributed by atoms with van der Waals surface area (Å²) in [6.45, 7) is 0. The highest BCUT2D eigenvalue weighted by Crippen LogP contribution is 2.31. The van der Waals surface area contributed by atoms with E-state index >= 15 is 0 Å². The van der Waals surface area contributed by atoms with Crippen molar-refractivity contribution in [2.75, 3.05) is 0 Å². The summed E-state index contributed by atoms with van der Waals surface area (Å²) in [4.78, 5) is 27.5. The van der Waals surface area contributed by atoms with Crippen molar-refractivity contribution in [3.8, 4) is 45.0 Å². The van der Waals surface area contributed by atoms with Crippen LogP contribution < -0.4 is 0 Å². The number of hydrogen-bond acceptors (Lipinski definition) is 6. The maximum atomic E-state index is 4.82. The molecule has 6 nitrogen and oxygen atoms in total. The summed E-state index contributed by atoms with van der Waals surface area (Å²) in [5, 5.41) is 0. The maximum Gasteiger partial charge on any atom is 0.108 e. The first-order valence-electron chi connectivity index (χ1n) is 14.3. The summed E-state index contributed by atoms with van der Waals surface area (Å²) in [6, 6.07) is 44.4. The second-order valence-corrected chi connectivity index (χ2v) is 10.0. The van der Waals surface area contributed by atoms with Gasteiger partial charge in [0.05, 0.1) is 46.2 Å². The molecule has 0 aliphatic carbocycles. The van der Waals surface area contributed by atoms with E-state index in [0.717, 1.165) is 67.1 Å². The average molecular weight is 567 g/mol. The topological polar surface area (TPSA) is 77.3 Å². The summed E-state index contributed by atoms with van der Waals surface area (Å²) in [7, 11) is 0. The van der Waals surface area contributed by atoms with E-state index in [4.69, 9.17) is 19.9 Å². The summed E-state index contributed by atoms with van der Waals surface area (Å²) in [5.74, 6) is 0. The Bertz CT molecular complexity index is 1840. The van der Waals surface area contributed by atoms with Crippen molar-refractivity contribution in [1.82, 2.24) is 29.9 Å². The van der Waals surface area contributed by atoms with E-state index in [9.17, 15) is 0 Å². The zero-order chi connectivity index (χ0) is 29.6. The highest BCUT2D eigenvalue weighted by atomic mass is 14.9. The Morgan fingerprint density at radius 3 is 0.841 bits per heavy atom. The molecule has 0 saturated heterocycles. The zero-order valence-electron chi connectivity index (χ0n) is 23.7. The number of pyridine rings is 2. The first-order chi connectivity index (χ1) is 21.8. The second kappa shape index (κ2) is 12.4. The van der Waals surface area contributed by atoms with Gasteiger partial charge in [0.1, 0.15) is 11.0 Å². The van der Waals surface area contributed by atoms with Gasteiger partial charge in [-0.1, -0.05) is 121 Å². The molecular formula is C38H26N6. The fourth-order valence-corrected chi connectivity index (χ4v) is 5.00. The standard InChI is InChI=1S/2C19H13N3/c2*1-3-7-14(8-4-1)18-19(15-9-5-2-6-10-15)22-17-13-20-12-11-16(17)21-18/h2*1-13H. The van der Waals surface area contributed by atoms with Crippen molar-refractivity contribution < 1.29 is 0 Å². The summed E-state index contributed by atoms with van der Waals surface area (Å²) in [5.41, 5.74) is 11.1. The summed E-state index contributed by atoms with van der Waals surface area (Å²) < 4.78 is 0. The molecule has 44 heavy (non-hydrogen) atoms. The highest BCUT2D eigenvalue weighted by molar-refractivity contribution is 5.86. The predicted octanol–water partition coefficient (Wildman–Crippen LogP) is 8.72. The van der Waals surface area contributed by atoms with Crippen molar-refractivity contribution in [2.24, 2.45) is 0 Å². The lowest BCUT2D eigenvalue weighted by atomic mass is 10.0. The van der Waals surface area contributed by atoms with Gasteiger partial charge < -0.3 is 0 Å². The van der Waals surface area contributed by atoms with Crippen molar-refractivity contribution in [1.29, 1.82) is 0 Å². The van der Waals surface area contributed by atoms with Crippen LogP contribution in [0.25, 0.3) is 67.1 Å². The minimum Gasteiger partial charge on any atom is -0.262 e. The van der Waals surface area contributed by atoms with E-state index in [1.54, 1.807) is 24.8 Å². The van der Waals surface area contributed by atoms with Gasteiger partial charge in [0.2, 0.25) is 0 Å². The van der Waals surface area contributed by atoms with E-state index in [2.05, 4.69) is 58.5 Å². The van der Waals surface area contributed by atoms with Gasteiger partial charge in [-0.2, -0.15) is 0 Å². The van der Waals surface area contributed by atoms with Crippen LogP contribution in [-0.4, -0.2) is 29.9 Å². The normalized spacial score (nSPS) is 10.7. The molecule has 8 rings (SSSR count). The van der Waals surface area contributed by atoms with E-state index in [0.29, 0.717) is 0 Å². The average Bonchev–Trinajstić information content (AvgIpc) is 3.12. The minimum absolute atomic E-state index is 0.807. The fourth-order valence-electron chi connectivity index (χ4n) is 5.00. The molecule has 0 bridgehead atoms. The maximum absolute atomic E-state index is 4.82. The number of hydrogen-bond donors (Lipinski definition) is 0. The molecule has 4 aromatic heterocycles. The molecule has 0 amide bonds. The Labute approximate surface area is 254 Å². The molecule has 0 N–H and O–H groups in total. The van der Waals surface area contributed by atoms with Gasteiger partial charge in [-0.15, -0.1) is 0 Å². The number of aromatic nitrogens is 6. The van der Waals surface area contributed by atoms with Crippen molar-refractivity contribution in [3.05, 3.63) is 158 Å². The lowest BCUT2D eigenvalue weighted by Gasteiger charge is -2.10. The van der Waals surface area contributed by atoms with Gasteiger partial charge in [0, 0.05) is 34.6 Å². The lowest BCUT2D eigenvalue weighted by Crippen LogP contribution is -1.95. The molecule has 0 fully saturated rings. The highest BCUT2D eigenvalue weighted by Gasteiger charge is 2.14. The smallest absolute Gasteiger partial charge is 0.108 e. The van der Waals surface area contributed by atoms with Crippen LogP contribution in [-0.2, 0) is 0 Å². The summed E-state index contributed by atoms with van der Waals surface area (Å²) in [6.07, 6.45) is 7.00. The molecule has 0 spiro atoms. The van der Waals surface area contributed by atoms with Crippen molar-refractivity contribution in [3.63, 3.8) is 0 Å². The monoisotopic (exact) mass is 566 g/mol. The third kappa shape index (κ3) is 5.65. The molecule has 4 heterocycles. The van der Waals surface area contributed by atoms with Crippen LogP contribution in [0.15, 0.2) is 158 Å². The first kappa shape index (κ1) is 26.7. The molecule has 0 aliphatic rings. The van der Waals surface area contributed by atoms with E-state index in [-0.39, 0.29) is 0 Å². The molecule has 8 aromatic rings. The Morgan fingerprint density at radius 1 is 0.273 bits per heavy atom. The molecular weight excluding hydrogens is 540 g/mol. The van der Waals surface area contributed by atoms with Gasteiger partial charge in [-0.25, -0.2) is 19.9 Å². The van der Waals surface area contributed by atoms with Gasteiger partial charge in [0.25, 0.3) is 0 Å². The largest absolute Gasteiger partial charge is 0.262 e. The third-order valence-corrected chi connectivity index (χ3v) is 7.12. The third-order valence-electron chi connectivity index (χ3n) is 7.12. The Morgan fingerprint density at radius 2 is 0.545 bits per heavy atom. The number of rotatable bonds is 4. The SMILES string of the molecule is c1ccc(-c2nc3ccncc3nc2-c2ccccc2)cc1.c1ccc(-c2nc3ccncc3nc2-c2ccccc2)cc1. The van der Waals surface area contributed by atoms with Crippen LogP contribution >= 0.6 is 0 Å². The van der Waals surface area contributed by atoms with Gasteiger partial charge >= 0.3 is 0 Å². The molecule has 0 saturated carbocycles. The van der Waals surface area contributed by atoms with Gasteiger partial charge in [-0.3, -0.25) is 9.97 Å². The molecule has 0 unspecified atom stereocenters. The zero-order valence-corrected chi connectivity index (χ0v) is 23.7. The quantitative estimate of drug-likeness (QED) is 0.212. The molecule has 0 atom stereocenters. The lowest BCUT2D eigenvalue weighted by molar-refractivity contribution is 1.25. The molecule has 208 valence electrons.